The summed E-state index contributed by atoms with van der Waals surface area (Å²) in [6.45, 7) is 13.5. The zero-order valence-corrected chi connectivity index (χ0v) is 27.4. The van der Waals surface area contributed by atoms with Crippen LogP contribution in [0.15, 0.2) is 0 Å². The van der Waals surface area contributed by atoms with E-state index in [0.717, 1.165) is 0 Å². The zero-order valence-electron chi connectivity index (χ0n) is 27.4. The first-order chi connectivity index (χ1) is 19.9. The molecule has 0 aliphatic carbocycles. The smallest absolute Gasteiger partial charge is 0.457 e. The molecule has 12 heteroatoms. The van der Waals surface area contributed by atoms with Crippen LogP contribution in [-0.2, 0) is 42.8 Å². The Kier molecular flexibility index (Phi) is 11.1. The van der Waals surface area contributed by atoms with Gasteiger partial charge in [0.25, 0.3) is 0 Å². The molecule has 12 nitrogen and oxygen atoms in total. The van der Waals surface area contributed by atoms with Crippen molar-refractivity contribution in [3.63, 3.8) is 0 Å². The molecule has 0 unspecified atom stereocenters. The van der Waals surface area contributed by atoms with E-state index >= 15 is 0 Å². The lowest BCUT2D eigenvalue weighted by molar-refractivity contribution is -0.295. The minimum absolute atomic E-state index is 0.124. The minimum Gasteiger partial charge on any atom is -0.457 e. The number of ether oxygens (including phenoxy) is 6. The number of aliphatic hydroxyl groups is 1. The van der Waals surface area contributed by atoms with Gasteiger partial charge in [-0.2, -0.15) is 0 Å². The van der Waals surface area contributed by atoms with Crippen LogP contribution in [0.25, 0.3) is 0 Å². The summed E-state index contributed by atoms with van der Waals surface area (Å²) in [7, 11) is 5.19. The molecule has 0 aromatic heterocycles. The number of hydrogen-bond donors (Lipinski definition) is 1. The number of cyclic esters (lactones) is 1. The molecule has 43 heavy (non-hydrogen) atoms. The summed E-state index contributed by atoms with van der Waals surface area (Å²) < 4.78 is 35.4. The van der Waals surface area contributed by atoms with Crippen LogP contribution in [0, 0.1) is 23.7 Å². The standard InChI is InChI=1S/C31H51NO11/c1-12-21-31(8)26(42-29(37)43-31)17(4)22(33)15(2)14-30(7,38-11)25(18(5)23(34)19(6)27(36)40-21)41-28-24(35)20(32(9)10)13-16(3)39-28/h15-21,24-26,28,35H,12-14H2,1-11H3/t15-,16-,17-,18+,19-,20+,21-,24-,25-,26+,28+,30+,31-/m1/s1. The molecular formula is C31H51NO11. The van der Waals surface area contributed by atoms with Crippen LogP contribution >= 0.6 is 0 Å². The Labute approximate surface area is 255 Å². The van der Waals surface area contributed by atoms with Gasteiger partial charge in [-0.05, 0) is 61.1 Å². The van der Waals surface area contributed by atoms with E-state index in [4.69, 9.17) is 28.4 Å². The van der Waals surface area contributed by atoms with Crippen molar-refractivity contribution in [3.8, 4) is 0 Å². The number of nitrogens with zero attached hydrogens (tertiary/aromatic N) is 1. The van der Waals surface area contributed by atoms with Gasteiger partial charge in [-0.3, -0.25) is 14.4 Å². The highest BCUT2D eigenvalue weighted by Crippen LogP contribution is 2.41. The third-order valence-electron chi connectivity index (χ3n) is 9.77. The average Bonchev–Trinajstić information content (AvgIpc) is 3.27. The minimum atomic E-state index is -1.45. The fourth-order valence-electron chi connectivity index (χ4n) is 7.05. The van der Waals surface area contributed by atoms with Crippen molar-refractivity contribution in [2.24, 2.45) is 23.7 Å². The van der Waals surface area contributed by atoms with Crippen LogP contribution in [0.5, 0.6) is 0 Å². The molecule has 0 spiro atoms. The maximum atomic E-state index is 13.9. The van der Waals surface area contributed by atoms with Gasteiger partial charge in [-0.1, -0.05) is 27.7 Å². The van der Waals surface area contributed by atoms with Gasteiger partial charge in [-0.25, -0.2) is 4.79 Å². The SMILES string of the molecule is CC[C@H]1OC(=O)[C@H](C)C(=O)[C@H](C)[C@@H](O[C@@H]2O[C@H](C)C[C@H](N(C)C)[C@H]2O)[C@@](C)(OC)C[C@@H](C)C(=O)[C@@H](C)[C@@H]2OC(=O)O[C@]12C. The molecule has 3 aliphatic rings. The van der Waals surface area contributed by atoms with Gasteiger partial charge in [0.1, 0.15) is 23.9 Å². The summed E-state index contributed by atoms with van der Waals surface area (Å²) in [6.07, 6.45) is -5.42. The van der Waals surface area contributed by atoms with E-state index in [2.05, 4.69) is 0 Å². The summed E-state index contributed by atoms with van der Waals surface area (Å²) in [5.41, 5.74) is -2.69. The number of carbonyl (C=O) groups is 4. The van der Waals surface area contributed by atoms with Gasteiger partial charge in [0, 0.05) is 25.0 Å². The molecule has 3 fully saturated rings. The van der Waals surface area contributed by atoms with E-state index in [0.29, 0.717) is 6.42 Å². The lowest BCUT2D eigenvalue weighted by atomic mass is 9.74. The Hall–Kier alpha value is -2.12. The number of fused-ring (bicyclic) bond motifs is 1. The van der Waals surface area contributed by atoms with Gasteiger partial charge in [0.15, 0.2) is 23.8 Å². The fraction of sp³-hybridized carbons (Fsp3) is 0.871. The first-order valence-corrected chi connectivity index (χ1v) is 15.3. The number of likely N-dealkylation sites (N-methyl/N-ethyl adjacent to an activating group) is 1. The molecule has 3 rings (SSSR count). The number of Topliss-reactive ketones (excluding diaryl/α,β-unsaturated/α-hetero) is 2. The van der Waals surface area contributed by atoms with Gasteiger partial charge in [0.2, 0.25) is 0 Å². The fourth-order valence-corrected chi connectivity index (χ4v) is 7.05. The summed E-state index contributed by atoms with van der Waals surface area (Å²) >= 11 is 0. The molecule has 246 valence electrons. The van der Waals surface area contributed by atoms with Gasteiger partial charge in [0.05, 0.1) is 23.7 Å². The number of esters is 1. The van der Waals surface area contributed by atoms with E-state index in [1.807, 2.05) is 25.9 Å². The second-order valence-electron chi connectivity index (χ2n) is 13.3. The Balaban J connectivity index is 2.09. The molecule has 3 heterocycles. The van der Waals surface area contributed by atoms with Crippen LogP contribution in [0.4, 0.5) is 4.79 Å². The predicted octanol–water partition coefficient (Wildman–Crippen LogP) is 2.90. The van der Waals surface area contributed by atoms with Crippen molar-refractivity contribution < 1.29 is 52.7 Å². The molecule has 0 aromatic rings. The van der Waals surface area contributed by atoms with E-state index < -0.39 is 83.5 Å². The Bertz CT molecular complexity index is 1050. The van der Waals surface area contributed by atoms with Crippen molar-refractivity contribution in [1.82, 2.24) is 4.90 Å². The van der Waals surface area contributed by atoms with Crippen molar-refractivity contribution in [2.75, 3.05) is 21.2 Å². The first-order valence-electron chi connectivity index (χ1n) is 15.3. The van der Waals surface area contributed by atoms with Crippen LogP contribution < -0.4 is 0 Å². The van der Waals surface area contributed by atoms with Gasteiger partial charge >= 0.3 is 12.1 Å². The molecule has 1 N–H and O–H groups in total. The van der Waals surface area contributed by atoms with Gasteiger partial charge < -0.3 is 38.4 Å². The molecule has 0 saturated carbocycles. The van der Waals surface area contributed by atoms with E-state index in [-0.39, 0.29) is 30.8 Å². The van der Waals surface area contributed by atoms with Crippen LogP contribution in [-0.4, -0.2) is 109 Å². The third kappa shape index (κ3) is 6.93. The summed E-state index contributed by atoms with van der Waals surface area (Å²) in [6, 6.07) is -0.265. The number of aliphatic hydroxyl groups excluding tert-OH is 1. The van der Waals surface area contributed by atoms with Crippen LogP contribution in [0.1, 0.15) is 74.7 Å². The quantitative estimate of drug-likeness (QED) is 0.359. The predicted molar refractivity (Wildman–Crippen MR) is 154 cm³/mol. The normalized spacial score (nSPS) is 45.2. The lowest BCUT2D eigenvalue weighted by Gasteiger charge is -2.47. The number of hydrogen-bond acceptors (Lipinski definition) is 12. The van der Waals surface area contributed by atoms with E-state index in [1.165, 1.54) is 14.0 Å². The van der Waals surface area contributed by atoms with Gasteiger partial charge in [-0.15, -0.1) is 0 Å². The Morgan fingerprint density at radius 1 is 0.977 bits per heavy atom. The Morgan fingerprint density at radius 2 is 1.60 bits per heavy atom. The number of ketones is 2. The lowest BCUT2D eigenvalue weighted by Crippen LogP contribution is -2.59. The number of carbonyl (C=O) groups excluding carboxylic acids is 4. The van der Waals surface area contributed by atoms with E-state index in [1.54, 1.807) is 41.5 Å². The highest BCUT2D eigenvalue weighted by Gasteiger charge is 2.59. The topological polar surface area (TPSA) is 147 Å². The summed E-state index contributed by atoms with van der Waals surface area (Å²) in [4.78, 5) is 55.5. The molecule has 3 saturated heterocycles. The van der Waals surface area contributed by atoms with Crippen molar-refractivity contribution in [1.29, 1.82) is 0 Å². The van der Waals surface area contributed by atoms with Crippen molar-refractivity contribution in [2.45, 2.75) is 129 Å². The van der Waals surface area contributed by atoms with Crippen LogP contribution in [0.3, 0.4) is 0 Å². The summed E-state index contributed by atoms with van der Waals surface area (Å²) in [5.74, 6) is -5.09. The second-order valence-corrected chi connectivity index (χ2v) is 13.3. The molecule has 0 radical (unpaired) electrons. The Morgan fingerprint density at radius 3 is 2.16 bits per heavy atom. The number of methoxy groups -OCH3 is 1. The third-order valence-corrected chi connectivity index (χ3v) is 9.77. The monoisotopic (exact) mass is 613 g/mol. The molecule has 0 amide bonds. The molecule has 0 aromatic carbocycles. The molecule has 3 aliphatic heterocycles. The second kappa shape index (κ2) is 13.5. The summed E-state index contributed by atoms with van der Waals surface area (Å²) in [5, 5.41) is 11.2. The largest absolute Gasteiger partial charge is 0.509 e. The average molecular weight is 614 g/mol. The first kappa shape index (κ1) is 35.4. The molecule has 13 atom stereocenters. The molecule has 0 bridgehead atoms. The van der Waals surface area contributed by atoms with Crippen LogP contribution in [0.2, 0.25) is 0 Å². The maximum absolute atomic E-state index is 13.9. The van der Waals surface area contributed by atoms with Crippen molar-refractivity contribution in [3.05, 3.63) is 0 Å². The maximum Gasteiger partial charge on any atom is 0.509 e. The zero-order chi connectivity index (χ0) is 32.6. The van der Waals surface area contributed by atoms with Crippen molar-refractivity contribution >= 4 is 23.7 Å². The highest BCUT2D eigenvalue weighted by molar-refractivity contribution is 6.00. The number of rotatable bonds is 5. The molecular weight excluding hydrogens is 562 g/mol. The van der Waals surface area contributed by atoms with E-state index in [9.17, 15) is 24.3 Å². The highest BCUT2D eigenvalue weighted by atomic mass is 16.8.